The van der Waals surface area contributed by atoms with E-state index in [4.69, 9.17) is 46.1 Å². The number of carboxylic acids is 4. The second kappa shape index (κ2) is 33.3. The zero-order valence-electron chi connectivity index (χ0n) is 37.2. The van der Waals surface area contributed by atoms with E-state index in [1.165, 1.54) is 0 Å². The summed E-state index contributed by atoms with van der Waals surface area (Å²) < 4.78 is 0. The molecule has 0 aromatic rings. The van der Waals surface area contributed by atoms with Crippen LogP contribution in [0.25, 0.3) is 0 Å². The first kappa shape index (κ1) is 58.8. The fourth-order valence-electron chi connectivity index (χ4n) is 6.33. The number of carboxylic acid groups (broad SMARTS) is 4. The highest BCUT2D eigenvalue weighted by atomic mass is 16.4. The van der Waals surface area contributed by atoms with Crippen molar-refractivity contribution in [2.24, 2.45) is 58.2 Å². The average molecular weight is 785 g/mol. The van der Waals surface area contributed by atoms with Crippen LogP contribution in [0.15, 0.2) is 0 Å². The molecule has 320 valence electrons. The van der Waals surface area contributed by atoms with Gasteiger partial charge in [0.05, 0.1) is 23.7 Å². The fraction of sp³-hybridized carbons (Fsp3) is 0.750. The minimum Gasteiger partial charge on any atom is -0.481 e. The molecule has 0 fully saturated rings. The molecule has 4 N–H and O–H groups in total. The molecule has 0 aromatic carbocycles. The van der Waals surface area contributed by atoms with Gasteiger partial charge in [-0.15, -0.1) is 49.4 Å². The van der Waals surface area contributed by atoms with Crippen LogP contribution >= 0.6 is 0 Å². The van der Waals surface area contributed by atoms with Crippen molar-refractivity contribution in [3.8, 4) is 49.4 Å². The van der Waals surface area contributed by atoms with Gasteiger partial charge in [-0.05, 0) is 79.4 Å². The third-order valence-electron chi connectivity index (χ3n) is 10.5. The van der Waals surface area contributed by atoms with E-state index in [0.717, 1.165) is 38.5 Å². The summed E-state index contributed by atoms with van der Waals surface area (Å²) in [7, 11) is 0. The topological polar surface area (TPSA) is 149 Å². The zero-order valence-corrected chi connectivity index (χ0v) is 37.2. The number of rotatable bonds is 24. The number of hydrogen-bond acceptors (Lipinski definition) is 4. The maximum Gasteiger partial charge on any atom is 0.307 e. The second-order valence-electron chi connectivity index (χ2n) is 17.5. The van der Waals surface area contributed by atoms with Crippen molar-refractivity contribution in [2.75, 3.05) is 0 Å². The van der Waals surface area contributed by atoms with Crippen LogP contribution in [0.2, 0.25) is 0 Å². The van der Waals surface area contributed by atoms with Crippen molar-refractivity contribution in [3.05, 3.63) is 0 Å². The highest BCUT2D eigenvalue weighted by Crippen LogP contribution is 2.32. The molecule has 7 atom stereocenters. The normalized spacial score (nSPS) is 14.5. The van der Waals surface area contributed by atoms with Gasteiger partial charge in [-0.1, -0.05) is 102 Å². The number of hydrogen-bond donors (Lipinski definition) is 4. The van der Waals surface area contributed by atoms with Crippen LogP contribution in [0.5, 0.6) is 0 Å². The molecule has 8 nitrogen and oxygen atoms in total. The first-order chi connectivity index (χ1) is 25.8. The van der Waals surface area contributed by atoms with Gasteiger partial charge in [0.15, 0.2) is 0 Å². The Hall–Kier alpha value is -3.88. The quantitative estimate of drug-likeness (QED) is 0.0707. The molecule has 0 saturated carbocycles. The molecule has 0 rings (SSSR count). The standard InChI is InChI=1S/4C12H20O2/c1-5-6-11(12(13)14)8-10(4)7-9(2)3;1-5-7-10(11(13)14)8-9-12(3,4)6-2;1-5-7-11(12(13)14)8-10(4)9(3)6-2;1-5-7-10(11(13)14)9-12(3,4)8-6-2/h1,9-11H,6-8H2,2-4H3,(H,13,14);1,10H,6-9H2,2-4H3,(H,13,14);1,9-11H,6-8H2,2-4H3,(H,13,14);1,10H,6-9H2,2-4H3,(H,13,14). The molecule has 56 heavy (non-hydrogen) atoms. The minimum absolute atomic E-state index is 0.0780. The van der Waals surface area contributed by atoms with Crippen molar-refractivity contribution in [2.45, 2.75) is 173 Å². The van der Waals surface area contributed by atoms with Crippen LogP contribution in [0.4, 0.5) is 0 Å². The molecule has 8 heteroatoms. The number of terminal acetylenes is 4. The Morgan fingerprint density at radius 2 is 0.929 bits per heavy atom. The van der Waals surface area contributed by atoms with Crippen LogP contribution in [-0.2, 0) is 19.2 Å². The molecule has 0 aromatic heterocycles. The second-order valence-corrected chi connectivity index (χ2v) is 17.5. The van der Waals surface area contributed by atoms with Crippen molar-refractivity contribution < 1.29 is 39.6 Å². The van der Waals surface area contributed by atoms with E-state index in [1.54, 1.807) is 0 Å². The van der Waals surface area contributed by atoms with Gasteiger partial charge in [0, 0.05) is 25.7 Å². The summed E-state index contributed by atoms with van der Waals surface area (Å²) in [5.41, 5.74) is 0.303. The predicted molar refractivity (Wildman–Crippen MR) is 231 cm³/mol. The Balaban J connectivity index is -0.000000322. The van der Waals surface area contributed by atoms with E-state index in [-0.39, 0.29) is 34.5 Å². The van der Waals surface area contributed by atoms with E-state index >= 15 is 0 Å². The lowest BCUT2D eigenvalue weighted by molar-refractivity contribution is -0.143. The molecule has 0 bridgehead atoms. The van der Waals surface area contributed by atoms with Crippen molar-refractivity contribution >= 4 is 23.9 Å². The van der Waals surface area contributed by atoms with Crippen LogP contribution in [0.1, 0.15) is 173 Å². The molecule has 0 aliphatic heterocycles. The third kappa shape index (κ3) is 33.5. The van der Waals surface area contributed by atoms with Crippen LogP contribution < -0.4 is 0 Å². The summed E-state index contributed by atoms with van der Waals surface area (Å²) in [6, 6.07) is 0. The van der Waals surface area contributed by atoms with Gasteiger partial charge in [-0.2, -0.15) is 0 Å². The highest BCUT2D eigenvalue weighted by molar-refractivity contribution is 5.71. The number of aliphatic carboxylic acids is 4. The molecular formula is C48H80O8. The predicted octanol–water partition coefficient (Wildman–Crippen LogP) is 11.4. The SMILES string of the molecule is C#CCC(CC(C)(C)CCC)C(=O)O.C#CCC(CC(C)C(C)CC)C(=O)O.C#CCC(CC(C)CC(C)C)C(=O)O.C#CCC(CCC(C)(C)CC)C(=O)O. The highest BCUT2D eigenvalue weighted by Gasteiger charge is 2.27. The maximum atomic E-state index is 10.9. The molecule has 0 aliphatic carbocycles. The van der Waals surface area contributed by atoms with Gasteiger partial charge in [0.25, 0.3) is 0 Å². The van der Waals surface area contributed by atoms with Crippen LogP contribution in [0, 0.1) is 108 Å². The van der Waals surface area contributed by atoms with E-state index in [9.17, 15) is 19.2 Å². The fourth-order valence-corrected chi connectivity index (χ4v) is 6.33. The third-order valence-corrected chi connectivity index (χ3v) is 10.5. The Kier molecular flexibility index (Phi) is 35.0. The van der Waals surface area contributed by atoms with Crippen LogP contribution in [0.3, 0.4) is 0 Å². The largest absolute Gasteiger partial charge is 0.481 e. The number of carbonyl (C=O) groups is 4. The van der Waals surface area contributed by atoms with Gasteiger partial charge in [-0.3, -0.25) is 19.2 Å². The summed E-state index contributed by atoms with van der Waals surface area (Å²) in [6.45, 7) is 25.5. The average Bonchev–Trinajstić information content (AvgIpc) is 3.09. The summed E-state index contributed by atoms with van der Waals surface area (Å²) in [4.78, 5) is 43.3. The van der Waals surface area contributed by atoms with Gasteiger partial charge in [0.2, 0.25) is 0 Å². The Morgan fingerprint density at radius 3 is 1.27 bits per heavy atom. The van der Waals surface area contributed by atoms with Crippen LogP contribution in [-0.4, -0.2) is 44.3 Å². The molecule has 0 spiro atoms. The molecule has 0 heterocycles. The molecule has 0 amide bonds. The summed E-state index contributed by atoms with van der Waals surface area (Å²) in [5.74, 6) is 7.19. The summed E-state index contributed by atoms with van der Waals surface area (Å²) >= 11 is 0. The lowest BCUT2D eigenvalue weighted by Crippen LogP contribution is -2.22. The molecule has 7 unspecified atom stereocenters. The van der Waals surface area contributed by atoms with Gasteiger partial charge in [0.1, 0.15) is 0 Å². The van der Waals surface area contributed by atoms with E-state index < -0.39 is 23.9 Å². The van der Waals surface area contributed by atoms with Crippen molar-refractivity contribution in [1.29, 1.82) is 0 Å². The van der Waals surface area contributed by atoms with E-state index in [0.29, 0.717) is 75.0 Å². The summed E-state index contributed by atoms with van der Waals surface area (Å²) in [5, 5.41) is 35.6. The van der Waals surface area contributed by atoms with Gasteiger partial charge < -0.3 is 20.4 Å². The van der Waals surface area contributed by atoms with E-state index in [2.05, 4.69) is 107 Å². The van der Waals surface area contributed by atoms with Gasteiger partial charge >= 0.3 is 23.9 Å². The first-order valence-electron chi connectivity index (χ1n) is 20.5. The zero-order chi connectivity index (χ0) is 44.7. The monoisotopic (exact) mass is 785 g/mol. The lowest BCUT2D eigenvalue weighted by Gasteiger charge is -2.26. The lowest BCUT2D eigenvalue weighted by atomic mass is 9.78. The molecular weight excluding hydrogens is 705 g/mol. The van der Waals surface area contributed by atoms with Crippen molar-refractivity contribution in [3.63, 3.8) is 0 Å². The molecule has 0 radical (unpaired) electrons. The Labute approximate surface area is 343 Å². The molecule has 0 aliphatic rings. The maximum absolute atomic E-state index is 10.9. The Morgan fingerprint density at radius 1 is 0.536 bits per heavy atom. The summed E-state index contributed by atoms with van der Waals surface area (Å²) in [6.07, 6.45) is 30.9. The van der Waals surface area contributed by atoms with Gasteiger partial charge in [-0.25, -0.2) is 0 Å². The smallest absolute Gasteiger partial charge is 0.307 e. The van der Waals surface area contributed by atoms with Crippen molar-refractivity contribution in [1.82, 2.24) is 0 Å². The molecule has 0 saturated heterocycles. The minimum atomic E-state index is -0.771. The van der Waals surface area contributed by atoms with E-state index in [1.807, 2.05) is 0 Å². The first-order valence-corrected chi connectivity index (χ1v) is 20.5. The Bertz CT molecular complexity index is 1270.